The number of ether oxygens (including phenoxy) is 2. The molecule has 1 aromatic carbocycles. The largest absolute Gasteiger partial charge is 0.497 e. The molecule has 28 heavy (non-hydrogen) atoms. The molecule has 0 aliphatic heterocycles. The predicted octanol–water partition coefficient (Wildman–Crippen LogP) is 5.37. The fraction of sp³-hybridized carbons (Fsp3) is 0.455. The fourth-order valence-corrected chi connectivity index (χ4v) is 3.45. The second-order valence-electron chi connectivity index (χ2n) is 7.32. The molecular weight excluding hydrogens is 370 g/mol. The number of nitrogens with zero attached hydrogens (tertiary/aromatic N) is 3. The van der Waals surface area contributed by atoms with E-state index >= 15 is 0 Å². The van der Waals surface area contributed by atoms with Gasteiger partial charge in [0.1, 0.15) is 11.5 Å². The third kappa shape index (κ3) is 5.83. The molecule has 6 heteroatoms. The summed E-state index contributed by atoms with van der Waals surface area (Å²) in [6, 6.07) is 5.78. The molecule has 0 unspecified atom stereocenters. The molecule has 0 spiro atoms. The maximum Gasteiger partial charge on any atom is 0.206 e. The maximum absolute atomic E-state index is 5.59. The molecule has 0 saturated carbocycles. The van der Waals surface area contributed by atoms with E-state index in [1.165, 1.54) is 0 Å². The van der Waals surface area contributed by atoms with E-state index in [0.29, 0.717) is 12.5 Å². The standard InChI is InChI=1S/C22H31N3O2S/c1-15(2)8-9-17(5)24-25-20(14-28-22(25)23-13-16(3)4)19-12-18(26-6)10-11-21(19)27-7/h10-12,14-15H,3,8-9,13H2,1-2,4-7H3. The first-order valence-electron chi connectivity index (χ1n) is 9.48. The first-order chi connectivity index (χ1) is 13.3. The monoisotopic (exact) mass is 401 g/mol. The van der Waals surface area contributed by atoms with Crippen molar-refractivity contribution in [3.63, 3.8) is 0 Å². The summed E-state index contributed by atoms with van der Waals surface area (Å²) in [5, 5.41) is 6.96. The number of benzene rings is 1. The summed E-state index contributed by atoms with van der Waals surface area (Å²) in [5.41, 5.74) is 3.95. The van der Waals surface area contributed by atoms with Gasteiger partial charge in [-0.3, -0.25) is 4.99 Å². The molecule has 5 nitrogen and oxygen atoms in total. The summed E-state index contributed by atoms with van der Waals surface area (Å²) < 4.78 is 12.9. The summed E-state index contributed by atoms with van der Waals surface area (Å²) in [5.74, 6) is 2.19. The lowest BCUT2D eigenvalue weighted by atomic mass is 10.1. The van der Waals surface area contributed by atoms with Gasteiger partial charge in [-0.2, -0.15) is 5.10 Å². The van der Waals surface area contributed by atoms with Crippen molar-refractivity contribution in [3.05, 3.63) is 40.5 Å². The van der Waals surface area contributed by atoms with Crippen molar-refractivity contribution >= 4 is 17.0 Å². The lowest BCUT2D eigenvalue weighted by Gasteiger charge is -2.12. The molecule has 0 bridgehead atoms. The first-order valence-corrected chi connectivity index (χ1v) is 10.4. The highest BCUT2D eigenvalue weighted by molar-refractivity contribution is 7.07. The Labute approximate surface area is 172 Å². The maximum atomic E-state index is 5.59. The van der Waals surface area contributed by atoms with Crippen LogP contribution in [0.3, 0.4) is 0 Å². The zero-order valence-electron chi connectivity index (χ0n) is 17.8. The van der Waals surface area contributed by atoms with Crippen LogP contribution in [0.5, 0.6) is 11.5 Å². The Morgan fingerprint density at radius 1 is 1.21 bits per heavy atom. The second kappa shape index (κ2) is 10.3. The lowest BCUT2D eigenvalue weighted by Crippen LogP contribution is -2.15. The van der Waals surface area contributed by atoms with Crippen molar-refractivity contribution in [2.45, 2.75) is 40.5 Å². The fourth-order valence-electron chi connectivity index (χ4n) is 2.62. The quantitative estimate of drug-likeness (QED) is 0.419. The third-order valence-electron chi connectivity index (χ3n) is 4.21. The van der Waals surface area contributed by atoms with E-state index in [2.05, 4.69) is 32.7 Å². The minimum Gasteiger partial charge on any atom is -0.497 e. The van der Waals surface area contributed by atoms with E-state index in [4.69, 9.17) is 19.6 Å². The van der Waals surface area contributed by atoms with Crippen LogP contribution in [0.4, 0.5) is 0 Å². The number of hydrogen-bond donors (Lipinski definition) is 0. The van der Waals surface area contributed by atoms with E-state index in [9.17, 15) is 0 Å². The van der Waals surface area contributed by atoms with Crippen LogP contribution in [0.2, 0.25) is 0 Å². The van der Waals surface area contributed by atoms with E-state index in [1.54, 1.807) is 25.6 Å². The van der Waals surface area contributed by atoms with Crippen molar-refractivity contribution in [1.29, 1.82) is 0 Å². The molecule has 0 atom stereocenters. The van der Waals surface area contributed by atoms with Crippen molar-refractivity contribution in [2.75, 3.05) is 20.8 Å². The van der Waals surface area contributed by atoms with Crippen LogP contribution >= 0.6 is 11.3 Å². The second-order valence-corrected chi connectivity index (χ2v) is 8.16. The van der Waals surface area contributed by atoms with E-state index in [0.717, 1.165) is 51.7 Å². The molecule has 0 N–H and O–H groups in total. The van der Waals surface area contributed by atoms with Crippen LogP contribution < -0.4 is 14.3 Å². The number of hydrogen-bond acceptors (Lipinski definition) is 5. The van der Waals surface area contributed by atoms with E-state index in [-0.39, 0.29) is 0 Å². The van der Waals surface area contributed by atoms with Crippen LogP contribution in [0.15, 0.2) is 45.8 Å². The molecule has 0 radical (unpaired) electrons. The topological polar surface area (TPSA) is 48.1 Å². The highest BCUT2D eigenvalue weighted by Crippen LogP contribution is 2.33. The molecule has 0 aliphatic rings. The van der Waals surface area contributed by atoms with Crippen molar-refractivity contribution in [1.82, 2.24) is 4.68 Å². The summed E-state index contributed by atoms with van der Waals surface area (Å²) >= 11 is 1.56. The van der Waals surface area contributed by atoms with Crippen LogP contribution in [0.25, 0.3) is 11.3 Å². The summed E-state index contributed by atoms with van der Waals surface area (Å²) in [6.45, 7) is 13.0. The number of methoxy groups -OCH3 is 2. The molecule has 1 aromatic heterocycles. The summed E-state index contributed by atoms with van der Waals surface area (Å²) in [6.07, 6.45) is 2.06. The van der Waals surface area contributed by atoms with Gasteiger partial charge in [-0.05, 0) is 50.8 Å². The smallest absolute Gasteiger partial charge is 0.206 e. The van der Waals surface area contributed by atoms with Gasteiger partial charge in [-0.15, -0.1) is 11.3 Å². The molecule has 0 fully saturated rings. The molecule has 0 aliphatic carbocycles. The van der Waals surface area contributed by atoms with Crippen molar-refractivity contribution < 1.29 is 9.47 Å². The van der Waals surface area contributed by atoms with E-state index in [1.807, 2.05) is 29.8 Å². The SMILES string of the molecule is C=C(C)CN=c1scc(-c2cc(OC)ccc2OC)n1N=C(C)CCC(C)C. The van der Waals surface area contributed by atoms with Gasteiger partial charge in [-0.25, -0.2) is 4.68 Å². The van der Waals surface area contributed by atoms with Gasteiger partial charge in [0, 0.05) is 16.7 Å². The lowest BCUT2D eigenvalue weighted by molar-refractivity contribution is 0.404. The van der Waals surface area contributed by atoms with Gasteiger partial charge in [-0.1, -0.05) is 26.0 Å². The van der Waals surface area contributed by atoms with Crippen LogP contribution in [-0.4, -0.2) is 31.2 Å². The predicted molar refractivity (Wildman–Crippen MR) is 119 cm³/mol. The van der Waals surface area contributed by atoms with Gasteiger partial charge >= 0.3 is 0 Å². The first kappa shape index (κ1) is 22.0. The van der Waals surface area contributed by atoms with Crippen molar-refractivity contribution in [3.8, 4) is 22.8 Å². The molecule has 2 rings (SSSR count). The van der Waals surface area contributed by atoms with Gasteiger partial charge < -0.3 is 9.47 Å². The van der Waals surface area contributed by atoms with Gasteiger partial charge in [0.2, 0.25) is 4.80 Å². The minimum absolute atomic E-state index is 0.579. The van der Waals surface area contributed by atoms with Crippen molar-refractivity contribution in [2.24, 2.45) is 16.0 Å². The highest BCUT2D eigenvalue weighted by atomic mass is 32.1. The van der Waals surface area contributed by atoms with Gasteiger partial charge in [0.05, 0.1) is 26.5 Å². The van der Waals surface area contributed by atoms with Gasteiger partial charge in [0.25, 0.3) is 0 Å². The third-order valence-corrected chi connectivity index (χ3v) is 5.06. The zero-order valence-corrected chi connectivity index (χ0v) is 18.6. The zero-order chi connectivity index (χ0) is 20.7. The highest BCUT2D eigenvalue weighted by Gasteiger charge is 2.14. The molecular formula is C22H31N3O2S. The molecule has 0 saturated heterocycles. The number of aromatic nitrogens is 1. The van der Waals surface area contributed by atoms with Gasteiger partial charge in [0.15, 0.2) is 0 Å². The normalized spacial score (nSPS) is 12.5. The Kier molecular flexibility index (Phi) is 8.05. The molecule has 0 amide bonds. The summed E-state index contributed by atoms with van der Waals surface area (Å²) in [4.78, 5) is 5.54. The Morgan fingerprint density at radius 2 is 1.96 bits per heavy atom. The number of rotatable bonds is 9. The average Bonchev–Trinajstić information content (AvgIpc) is 3.06. The van der Waals surface area contributed by atoms with E-state index < -0.39 is 0 Å². The summed E-state index contributed by atoms with van der Waals surface area (Å²) in [7, 11) is 3.33. The Hall–Kier alpha value is -2.34. The number of thiazole rings is 1. The van der Waals surface area contributed by atoms with Crippen LogP contribution in [-0.2, 0) is 0 Å². The molecule has 152 valence electrons. The Bertz CT molecular complexity index is 907. The molecule has 2 aromatic rings. The van der Waals surface area contributed by atoms with Crippen LogP contribution in [0, 0.1) is 5.92 Å². The Balaban J connectivity index is 2.61. The average molecular weight is 402 g/mol. The molecule has 1 heterocycles. The van der Waals surface area contributed by atoms with Crippen LogP contribution in [0.1, 0.15) is 40.5 Å². The minimum atomic E-state index is 0.579. The Morgan fingerprint density at radius 3 is 2.57 bits per heavy atom.